The highest BCUT2D eigenvalue weighted by Gasteiger charge is 2.41. The molecule has 0 bridgehead atoms. The van der Waals surface area contributed by atoms with E-state index in [0.717, 1.165) is 17.7 Å². The second-order valence-electron chi connectivity index (χ2n) is 7.38. The van der Waals surface area contributed by atoms with Crippen molar-refractivity contribution in [2.24, 2.45) is 0 Å². The Balaban J connectivity index is 1.69. The minimum Gasteiger partial charge on any atom is -0.484 e. The second-order valence-corrected chi connectivity index (χ2v) is 7.38. The van der Waals surface area contributed by atoms with Gasteiger partial charge in [0, 0.05) is 6.42 Å². The van der Waals surface area contributed by atoms with Crippen LogP contribution in [0.2, 0.25) is 0 Å². The number of benzene rings is 2. The van der Waals surface area contributed by atoms with E-state index in [0.29, 0.717) is 12.2 Å². The number of carbonyl (C=O) groups excluding carboxylic acids is 1. The van der Waals surface area contributed by atoms with Gasteiger partial charge in [0.2, 0.25) is 0 Å². The van der Waals surface area contributed by atoms with Crippen molar-refractivity contribution >= 4 is 11.6 Å². The van der Waals surface area contributed by atoms with Gasteiger partial charge in [0.05, 0.1) is 17.8 Å². The lowest BCUT2D eigenvalue weighted by atomic mass is 10.0. The van der Waals surface area contributed by atoms with Crippen LogP contribution in [-0.2, 0) is 17.4 Å². The molecule has 4 nitrogen and oxygen atoms in total. The second kappa shape index (κ2) is 5.90. The van der Waals surface area contributed by atoms with Gasteiger partial charge in [0.25, 0.3) is 5.91 Å². The fourth-order valence-electron chi connectivity index (χ4n) is 3.48. The Morgan fingerprint density at radius 2 is 1.89 bits per heavy atom. The first-order valence-electron chi connectivity index (χ1n) is 8.60. The number of para-hydroxylation sites is 1. The van der Waals surface area contributed by atoms with Crippen molar-refractivity contribution in [2.45, 2.75) is 38.1 Å². The van der Waals surface area contributed by atoms with E-state index >= 15 is 0 Å². The van der Waals surface area contributed by atoms with E-state index in [1.165, 1.54) is 11.0 Å². The Kier molecular flexibility index (Phi) is 3.87. The zero-order chi connectivity index (χ0) is 19.4. The SMILES string of the molecule is CC1(C)CN(C(=O)C2Cc3ccccc3O2)c2cc(C(F)(F)F)ccc2O1. The van der Waals surface area contributed by atoms with Gasteiger partial charge in [-0.2, -0.15) is 13.2 Å². The fraction of sp³-hybridized carbons (Fsp3) is 0.350. The molecule has 0 aromatic heterocycles. The molecule has 2 heterocycles. The predicted molar refractivity (Wildman–Crippen MR) is 93.1 cm³/mol. The number of rotatable bonds is 1. The summed E-state index contributed by atoms with van der Waals surface area (Å²) in [4.78, 5) is 14.5. The van der Waals surface area contributed by atoms with Gasteiger partial charge in [-0.05, 0) is 43.7 Å². The maximum absolute atomic E-state index is 13.1. The summed E-state index contributed by atoms with van der Waals surface area (Å²) in [5, 5.41) is 0. The average molecular weight is 377 g/mol. The van der Waals surface area contributed by atoms with Crippen molar-refractivity contribution in [1.82, 2.24) is 0 Å². The lowest BCUT2D eigenvalue weighted by molar-refractivity contribution is -0.137. The van der Waals surface area contributed by atoms with Gasteiger partial charge in [-0.1, -0.05) is 18.2 Å². The van der Waals surface area contributed by atoms with Crippen molar-refractivity contribution in [3.05, 3.63) is 53.6 Å². The summed E-state index contributed by atoms with van der Waals surface area (Å²) in [6.45, 7) is 3.71. The summed E-state index contributed by atoms with van der Waals surface area (Å²) in [6.07, 6.45) is -4.88. The van der Waals surface area contributed by atoms with Crippen molar-refractivity contribution in [1.29, 1.82) is 0 Å². The summed E-state index contributed by atoms with van der Waals surface area (Å²) >= 11 is 0. The third-order valence-corrected chi connectivity index (χ3v) is 4.69. The topological polar surface area (TPSA) is 38.8 Å². The molecule has 0 fully saturated rings. The van der Waals surface area contributed by atoms with Crippen molar-refractivity contribution in [3.63, 3.8) is 0 Å². The molecule has 0 aliphatic carbocycles. The molecule has 27 heavy (non-hydrogen) atoms. The highest BCUT2D eigenvalue weighted by atomic mass is 19.4. The minimum absolute atomic E-state index is 0.119. The van der Waals surface area contributed by atoms with E-state index in [4.69, 9.17) is 9.47 Å². The zero-order valence-corrected chi connectivity index (χ0v) is 14.8. The Bertz CT molecular complexity index is 883. The number of hydrogen-bond donors (Lipinski definition) is 0. The Morgan fingerprint density at radius 1 is 1.15 bits per heavy atom. The first kappa shape index (κ1) is 17.7. The Hall–Kier alpha value is -2.70. The van der Waals surface area contributed by atoms with Crippen LogP contribution in [0, 0.1) is 0 Å². The predicted octanol–water partition coefficient (Wildman–Crippen LogP) is 4.21. The van der Waals surface area contributed by atoms with Crippen LogP contribution in [0.15, 0.2) is 42.5 Å². The molecule has 142 valence electrons. The van der Waals surface area contributed by atoms with E-state index in [-0.39, 0.29) is 23.9 Å². The van der Waals surface area contributed by atoms with Gasteiger partial charge in [-0.15, -0.1) is 0 Å². The van der Waals surface area contributed by atoms with Crippen molar-refractivity contribution < 1.29 is 27.4 Å². The smallest absolute Gasteiger partial charge is 0.416 e. The summed E-state index contributed by atoms with van der Waals surface area (Å²) in [5.74, 6) is 0.513. The zero-order valence-electron chi connectivity index (χ0n) is 14.8. The van der Waals surface area contributed by atoms with Crippen LogP contribution in [-0.4, -0.2) is 24.2 Å². The Labute approximate surface area is 154 Å². The molecule has 1 atom stereocenters. The third-order valence-electron chi connectivity index (χ3n) is 4.69. The molecule has 2 aliphatic rings. The molecule has 0 spiro atoms. The summed E-state index contributed by atoms with van der Waals surface area (Å²) < 4.78 is 51.0. The van der Waals surface area contributed by atoms with Crippen LogP contribution in [0.5, 0.6) is 11.5 Å². The number of amides is 1. The van der Waals surface area contributed by atoms with Gasteiger partial charge in [-0.25, -0.2) is 0 Å². The molecule has 4 rings (SSSR count). The van der Waals surface area contributed by atoms with Crippen LogP contribution in [0.3, 0.4) is 0 Å². The van der Waals surface area contributed by atoms with Crippen LogP contribution in [0.1, 0.15) is 25.0 Å². The molecule has 2 aromatic rings. The molecule has 0 N–H and O–H groups in total. The number of nitrogens with zero attached hydrogens (tertiary/aromatic N) is 1. The molecular formula is C20H18F3NO3. The summed E-state index contributed by atoms with van der Waals surface area (Å²) in [6, 6.07) is 10.5. The third kappa shape index (κ3) is 3.22. The first-order valence-corrected chi connectivity index (χ1v) is 8.60. The molecule has 2 aromatic carbocycles. The molecule has 7 heteroatoms. The fourth-order valence-corrected chi connectivity index (χ4v) is 3.48. The number of fused-ring (bicyclic) bond motifs is 2. The number of alkyl halides is 3. The van der Waals surface area contributed by atoms with Crippen molar-refractivity contribution in [3.8, 4) is 11.5 Å². The van der Waals surface area contributed by atoms with Gasteiger partial charge in [0.15, 0.2) is 6.10 Å². The summed E-state index contributed by atoms with van der Waals surface area (Å²) in [5.41, 5.74) is -0.521. The lowest BCUT2D eigenvalue weighted by Gasteiger charge is -2.40. The van der Waals surface area contributed by atoms with E-state index in [9.17, 15) is 18.0 Å². The number of ether oxygens (including phenoxy) is 2. The van der Waals surface area contributed by atoms with E-state index in [1.807, 2.05) is 18.2 Å². The van der Waals surface area contributed by atoms with Crippen LogP contribution >= 0.6 is 0 Å². The number of halogens is 3. The molecule has 1 unspecified atom stereocenters. The van der Waals surface area contributed by atoms with Crippen LogP contribution in [0.25, 0.3) is 0 Å². The quantitative estimate of drug-likeness (QED) is 0.747. The van der Waals surface area contributed by atoms with E-state index in [2.05, 4.69) is 0 Å². The Morgan fingerprint density at radius 3 is 2.59 bits per heavy atom. The number of carbonyl (C=O) groups is 1. The molecule has 0 saturated heterocycles. The molecule has 1 amide bonds. The average Bonchev–Trinajstić information content (AvgIpc) is 3.02. The van der Waals surface area contributed by atoms with Gasteiger partial charge >= 0.3 is 6.18 Å². The first-order chi connectivity index (χ1) is 12.6. The molecular weight excluding hydrogens is 359 g/mol. The van der Waals surface area contributed by atoms with Gasteiger partial charge in [0.1, 0.15) is 17.1 Å². The normalized spacial score (nSPS) is 20.3. The van der Waals surface area contributed by atoms with Crippen LogP contribution < -0.4 is 14.4 Å². The number of anilines is 1. The minimum atomic E-state index is -4.50. The van der Waals surface area contributed by atoms with E-state index < -0.39 is 23.4 Å². The van der Waals surface area contributed by atoms with Crippen molar-refractivity contribution in [2.75, 3.05) is 11.4 Å². The highest BCUT2D eigenvalue weighted by Crippen LogP contribution is 2.42. The monoisotopic (exact) mass is 377 g/mol. The molecule has 0 radical (unpaired) electrons. The van der Waals surface area contributed by atoms with Gasteiger partial charge < -0.3 is 14.4 Å². The highest BCUT2D eigenvalue weighted by molar-refractivity contribution is 5.99. The largest absolute Gasteiger partial charge is 0.484 e. The van der Waals surface area contributed by atoms with Crippen LogP contribution in [0.4, 0.5) is 18.9 Å². The molecule has 0 saturated carbocycles. The van der Waals surface area contributed by atoms with E-state index in [1.54, 1.807) is 19.9 Å². The standard InChI is InChI=1S/C20H18F3NO3/c1-19(2)11-24(14-10-13(20(21,22)23)7-8-16(14)27-19)18(25)17-9-12-5-3-4-6-15(12)26-17/h3-8,10,17H,9,11H2,1-2H3. The summed E-state index contributed by atoms with van der Waals surface area (Å²) in [7, 11) is 0. The maximum atomic E-state index is 13.1. The lowest BCUT2D eigenvalue weighted by Crippen LogP contribution is -2.53. The molecule has 2 aliphatic heterocycles. The van der Waals surface area contributed by atoms with Gasteiger partial charge in [-0.3, -0.25) is 4.79 Å². The maximum Gasteiger partial charge on any atom is 0.416 e. The number of hydrogen-bond acceptors (Lipinski definition) is 3.